The fraction of sp³-hybridized carbons (Fsp3) is 0.800. The van der Waals surface area contributed by atoms with Crippen molar-refractivity contribution in [3.05, 3.63) is 17.5 Å². The van der Waals surface area contributed by atoms with Crippen LogP contribution in [0.3, 0.4) is 0 Å². The first kappa shape index (κ1) is 14.5. The number of nitrogens with zero attached hydrogens (tertiary/aromatic N) is 2. The van der Waals surface area contributed by atoms with Crippen LogP contribution in [0.15, 0.2) is 6.07 Å². The normalized spacial score (nSPS) is 18.7. The Labute approximate surface area is 116 Å². The molecule has 0 spiro atoms. The van der Waals surface area contributed by atoms with E-state index in [2.05, 4.69) is 37.4 Å². The van der Waals surface area contributed by atoms with Gasteiger partial charge in [-0.2, -0.15) is 5.10 Å². The smallest absolute Gasteiger partial charge is 0.0625 e. The third-order valence-corrected chi connectivity index (χ3v) is 4.05. The van der Waals surface area contributed by atoms with E-state index < -0.39 is 0 Å². The van der Waals surface area contributed by atoms with Crippen LogP contribution in [0.2, 0.25) is 0 Å². The Morgan fingerprint density at radius 2 is 2.16 bits per heavy atom. The molecular formula is C15H27N3O. The Morgan fingerprint density at radius 1 is 1.42 bits per heavy atom. The van der Waals surface area contributed by atoms with Crippen molar-refractivity contribution in [2.45, 2.75) is 45.6 Å². The zero-order valence-corrected chi connectivity index (χ0v) is 12.5. The monoisotopic (exact) mass is 265 g/mol. The Hall–Kier alpha value is -0.870. The Bertz CT molecular complexity index is 383. The highest BCUT2D eigenvalue weighted by molar-refractivity contribution is 5.14. The van der Waals surface area contributed by atoms with Crippen molar-refractivity contribution in [1.29, 1.82) is 0 Å². The Morgan fingerprint density at radius 3 is 2.74 bits per heavy atom. The SMILES string of the molecule is CCNC(CC1CCOCC1)c1cc(CC)nn1C. The van der Waals surface area contributed by atoms with E-state index in [1.54, 1.807) is 0 Å². The summed E-state index contributed by atoms with van der Waals surface area (Å²) in [6.07, 6.45) is 4.59. The molecule has 4 heteroatoms. The van der Waals surface area contributed by atoms with Gasteiger partial charge in [0, 0.05) is 26.3 Å². The van der Waals surface area contributed by atoms with Gasteiger partial charge in [-0.1, -0.05) is 13.8 Å². The molecule has 19 heavy (non-hydrogen) atoms. The maximum absolute atomic E-state index is 5.45. The lowest BCUT2D eigenvalue weighted by Crippen LogP contribution is -2.27. The van der Waals surface area contributed by atoms with Crippen LogP contribution in [0.5, 0.6) is 0 Å². The summed E-state index contributed by atoms with van der Waals surface area (Å²) < 4.78 is 7.50. The third kappa shape index (κ3) is 3.80. The second-order valence-corrected chi connectivity index (χ2v) is 5.44. The minimum Gasteiger partial charge on any atom is -0.381 e. The lowest BCUT2D eigenvalue weighted by Gasteiger charge is -2.27. The average molecular weight is 265 g/mol. The van der Waals surface area contributed by atoms with Gasteiger partial charge in [-0.05, 0) is 44.2 Å². The van der Waals surface area contributed by atoms with Crippen LogP contribution in [0, 0.1) is 5.92 Å². The quantitative estimate of drug-likeness (QED) is 0.858. The summed E-state index contributed by atoms with van der Waals surface area (Å²) in [6, 6.07) is 2.68. The largest absolute Gasteiger partial charge is 0.381 e. The molecule has 0 amide bonds. The van der Waals surface area contributed by atoms with E-state index in [0.29, 0.717) is 6.04 Å². The number of aromatic nitrogens is 2. The van der Waals surface area contributed by atoms with Crippen molar-refractivity contribution in [1.82, 2.24) is 15.1 Å². The molecule has 1 aromatic rings. The van der Waals surface area contributed by atoms with E-state index in [-0.39, 0.29) is 0 Å². The molecule has 1 aliphatic rings. The molecule has 0 aromatic carbocycles. The maximum Gasteiger partial charge on any atom is 0.0625 e. The van der Waals surface area contributed by atoms with Crippen molar-refractivity contribution in [2.24, 2.45) is 13.0 Å². The summed E-state index contributed by atoms with van der Waals surface area (Å²) in [5, 5.41) is 8.20. The minimum atomic E-state index is 0.422. The van der Waals surface area contributed by atoms with Gasteiger partial charge < -0.3 is 10.1 Å². The van der Waals surface area contributed by atoms with Gasteiger partial charge in [0.15, 0.2) is 0 Å². The highest BCUT2D eigenvalue weighted by atomic mass is 16.5. The van der Waals surface area contributed by atoms with Crippen molar-refractivity contribution in [3.8, 4) is 0 Å². The summed E-state index contributed by atoms with van der Waals surface area (Å²) in [4.78, 5) is 0. The Balaban J connectivity index is 2.06. The number of nitrogens with one attached hydrogen (secondary N) is 1. The molecule has 1 unspecified atom stereocenters. The van der Waals surface area contributed by atoms with Gasteiger partial charge >= 0.3 is 0 Å². The first-order chi connectivity index (χ1) is 9.24. The van der Waals surface area contributed by atoms with Crippen LogP contribution in [-0.2, 0) is 18.2 Å². The fourth-order valence-corrected chi connectivity index (χ4v) is 2.91. The third-order valence-electron chi connectivity index (χ3n) is 4.05. The van der Waals surface area contributed by atoms with Gasteiger partial charge in [-0.3, -0.25) is 4.68 Å². The van der Waals surface area contributed by atoms with Crippen molar-refractivity contribution < 1.29 is 4.74 Å². The van der Waals surface area contributed by atoms with Crippen molar-refractivity contribution in [2.75, 3.05) is 19.8 Å². The zero-order valence-electron chi connectivity index (χ0n) is 12.5. The number of aryl methyl sites for hydroxylation is 2. The molecular weight excluding hydrogens is 238 g/mol. The predicted molar refractivity (Wildman–Crippen MR) is 77.2 cm³/mol. The molecule has 1 N–H and O–H groups in total. The molecule has 1 fully saturated rings. The number of hydrogen-bond donors (Lipinski definition) is 1. The van der Waals surface area contributed by atoms with E-state index in [4.69, 9.17) is 4.74 Å². The van der Waals surface area contributed by atoms with Gasteiger partial charge in [0.2, 0.25) is 0 Å². The zero-order chi connectivity index (χ0) is 13.7. The van der Waals surface area contributed by atoms with E-state index in [9.17, 15) is 0 Å². The second kappa shape index (κ2) is 7.06. The number of ether oxygens (including phenoxy) is 1. The molecule has 0 aliphatic carbocycles. The second-order valence-electron chi connectivity index (χ2n) is 5.44. The average Bonchev–Trinajstić information content (AvgIpc) is 2.81. The van der Waals surface area contributed by atoms with Crippen LogP contribution >= 0.6 is 0 Å². The van der Waals surface area contributed by atoms with Crippen LogP contribution in [0.1, 0.15) is 50.5 Å². The standard InChI is InChI=1S/C15H27N3O/c1-4-13-11-15(18(3)17-13)14(16-5-2)10-12-6-8-19-9-7-12/h11-12,14,16H,4-10H2,1-3H3. The highest BCUT2D eigenvalue weighted by Crippen LogP contribution is 2.27. The van der Waals surface area contributed by atoms with Gasteiger partial charge in [0.1, 0.15) is 0 Å². The summed E-state index contributed by atoms with van der Waals surface area (Å²) in [7, 11) is 2.06. The molecule has 2 heterocycles. The Kier molecular flexibility index (Phi) is 5.40. The molecule has 4 nitrogen and oxygen atoms in total. The molecule has 1 atom stereocenters. The minimum absolute atomic E-state index is 0.422. The molecule has 108 valence electrons. The van der Waals surface area contributed by atoms with Crippen LogP contribution in [-0.4, -0.2) is 29.5 Å². The van der Waals surface area contributed by atoms with E-state index in [1.165, 1.54) is 30.7 Å². The van der Waals surface area contributed by atoms with Gasteiger partial charge in [0.25, 0.3) is 0 Å². The number of hydrogen-bond acceptors (Lipinski definition) is 3. The summed E-state index contributed by atoms with van der Waals surface area (Å²) in [5.41, 5.74) is 2.51. The maximum atomic E-state index is 5.45. The first-order valence-corrected chi connectivity index (χ1v) is 7.58. The van der Waals surface area contributed by atoms with Crippen molar-refractivity contribution >= 4 is 0 Å². The summed E-state index contributed by atoms with van der Waals surface area (Å²) >= 11 is 0. The fourth-order valence-electron chi connectivity index (χ4n) is 2.91. The molecule has 1 aliphatic heterocycles. The first-order valence-electron chi connectivity index (χ1n) is 7.58. The topological polar surface area (TPSA) is 39.1 Å². The van der Waals surface area contributed by atoms with E-state index >= 15 is 0 Å². The lowest BCUT2D eigenvalue weighted by molar-refractivity contribution is 0.0603. The molecule has 1 saturated heterocycles. The molecule has 0 saturated carbocycles. The van der Waals surface area contributed by atoms with Gasteiger partial charge in [-0.25, -0.2) is 0 Å². The van der Waals surface area contributed by atoms with Crippen LogP contribution in [0.4, 0.5) is 0 Å². The van der Waals surface area contributed by atoms with Crippen molar-refractivity contribution in [3.63, 3.8) is 0 Å². The predicted octanol–water partition coefficient (Wildman–Crippen LogP) is 2.45. The van der Waals surface area contributed by atoms with Crippen LogP contribution in [0.25, 0.3) is 0 Å². The van der Waals surface area contributed by atoms with E-state index in [0.717, 1.165) is 32.1 Å². The van der Waals surface area contributed by atoms with Gasteiger partial charge in [0.05, 0.1) is 11.4 Å². The van der Waals surface area contributed by atoms with Crippen LogP contribution < -0.4 is 5.32 Å². The highest BCUT2D eigenvalue weighted by Gasteiger charge is 2.22. The lowest BCUT2D eigenvalue weighted by atomic mass is 9.91. The number of rotatable bonds is 6. The molecule has 0 radical (unpaired) electrons. The summed E-state index contributed by atoms with van der Waals surface area (Å²) in [6.45, 7) is 7.19. The summed E-state index contributed by atoms with van der Waals surface area (Å²) in [5.74, 6) is 0.776. The molecule has 0 bridgehead atoms. The van der Waals surface area contributed by atoms with Gasteiger partial charge in [-0.15, -0.1) is 0 Å². The molecule has 1 aromatic heterocycles. The molecule has 2 rings (SSSR count). The van der Waals surface area contributed by atoms with E-state index in [1.807, 2.05) is 4.68 Å².